The quantitative estimate of drug-likeness (QED) is 0.668. The molecule has 1 aromatic carbocycles. The van der Waals surface area contributed by atoms with Crippen molar-refractivity contribution in [3.63, 3.8) is 0 Å². The molecule has 0 fully saturated rings. The third-order valence-corrected chi connectivity index (χ3v) is 3.96. The molecule has 1 aromatic heterocycles. The molecule has 3 rings (SSSR count). The highest BCUT2D eigenvalue weighted by Crippen LogP contribution is 2.31. The largest absolute Gasteiger partial charge is 0.384 e. The molecule has 0 amide bonds. The zero-order chi connectivity index (χ0) is 14.8. The van der Waals surface area contributed by atoms with Crippen molar-refractivity contribution < 1.29 is 0 Å². The average Bonchev–Trinajstić information content (AvgIpc) is 2.95. The van der Waals surface area contributed by atoms with Gasteiger partial charge in [0.2, 0.25) is 0 Å². The molecule has 0 radical (unpaired) electrons. The maximum atomic E-state index is 7.88. The van der Waals surface area contributed by atoms with Crippen molar-refractivity contribution in [2.24, 2.45) is 5.73 Å². The molecule has 21 heavy (non-hydrogen) atoms. The summed E-state index contributed by atoms with van der Waals surface area (Å²) in [5.74, 6) is 0.887. The van der Waals surface area contributed by atoms with E-state index in [0.29, 0.717) is 0 Å². The maximum absolute atomic E-state index is 7.88. The minimum Gasteiger partial charge on any atom is -0.384 e. The fourth-order valence-corrected chi connectivity index (χ4v) is 2.93. The Bertz CT molecular complexity index is 664. The van der Waals surface area contributed by atoms with Crippen molar-refractivity contribution >= 4 is 17.3 Å². The molecule has 0 spiro atoms. The van der Waals surface area contributed by atoms with Crippen molar-refractivity contribution in [2.45, 2.75) is 26.2 Å². The number of hydrogen-bond acceptors (Lipinski definition) is 3. The van der Waals surface area contributed by atoms with E-state index in [1.165, 1.54) is 5.56 Å². The second-order valence-corrected chi connectivity index (χ2v) is 5.31. The van der Waals surface area contributed by atoms with Crippen LogP contribution in [0.15, 0.2) is 36.4 Å². The summed E-state index contributed by atoms with van der Waals surface area (Å²) in [6, 6.07) is 12.2. The van der Waals surface area contributed by atoms with Gasteiger partial charge in [0.05, 0.1) is 5.56 Å². The Morgan fingerprint density at radius 2 is 2.05 bits per heavy atom. The second kappa shape index (κ2) is 5.56. The van der Waals surface area contributed by atoms with Gasteiger partial charge in [-0.25, -0.2) is 4.98 Å². The smallest absolute Gasteiger partial charge is 0.144 e. The average molecular weight is 280 g/mol. The van der Waals surface area contributed by atoms with Crippen LogP contribution in [0.1, 0.15) is 30.2 Å². The first-order valence-electron chi connectivity index (χ1n) is 7.40. The van der Waals surface area contributed by atoms with E-state index < -0.39 is 0 Å². The van der Waals surface area contributed by atoms with Crippen LogP contribution in [0.2, 0.25) is 0 Å². The molecular formula is C17H20N4. The number of rotatable bonds is 4. The summed E-state index contributed by atoms with van der Waals surface area (Å²) in [5, 5.41) is 7.88. The molecule has 3 N–H and O–H groups in total. The van der Waals surface area contributed by atoms with Crippen molar-refractivity contribution in [2.75, 3.05) is 11.4 Å². The highest BCUT2D eigenvalue weighted by atomic mass is 15.2. The molecule has 2 aromatic rings. The lowest BCUT2D eigenvalue weighted by molar-refractivity contribution is 0.894. The van der Waals surface area contributed by atoms with Gasteiger partial charge in [-0.1, -0.05) is 18.2 Å². The molecule has 0 aliphatic heterocycles. The number of nitrogen functional groups attached to an aromatic ring is 1. The standard InChI is InChI=1S/C17H20N4/c1-2-21(13-8-4-3-5-9-13)17-14(16(18)19)11-12-7-6-10-15(12)20-17/h3-5,8-9,11H,2,6-7,10H2,1H3,(H3,18,19). The third kappa shape index (κ3) is 2.49. The number of aromatic nitrogens is 1. The van der Waals surface area contributed by atoms with E-state index in [4.69, 9.17) is 16.1 Å². The zero-order valence-corrected chi connectivity index (χ0v) is 12.3. The van der Waals surface area contributed by atoms with Gasteiger partial charge < -0.3 is 10.6 Å². The molecule has 108 valence electrons. The molecular weight excluding hydrogens is 260 g/mol. The van der Waals surface area contributed by atoms with Gasteiger partial charge in [-0.2, -0.15) is 0 Å². The lowest BCUT2D eigenvalue weighted by Gasteiger charge is -2.25. The number of para-hydroxylation sites is 1. The summed E-state index contributed by atoms with van der Waals surface area (Å²) >= 11 is 0. The number of hydrogen-bond donors (Lipinski definition) is 2. The van der Waals surface area contributed by atoms with Gasteiger partial charge in [-0.3, -0.25) is 5.41 Å². The topological polar surface area (TPSA) is 66.0 Å². The minimum absolute atomic E-state index is 0.0848. The SMILES string of the molecule is CCN(c1ccccc1)c1nc2c(cc1C(=N)N)CCC2. The first-order chi connectivity index (χ1) is 10.2. The first-order valence-corrected chi connectivity index (χ1v) is 7.40. The summed E-state index contributed by atoms with van der Waals surface area (Å²) < 4.78 is 0. The van der Waals surface area contributed by atoms with Gasteiger partial charge in [-0.05, 0) is 49.9 Å². The number of benzene rings is 1. The van der Waals surface area contributed by atoms with Gasteiger partial charge in [0.25, 0.3) is 0 Å². The van der Waals surface area contributed by atoms with E-state index >= 15 is 0 Å². The van der Waals surface area contributed by atoms with Gasteiger partial charge in [0.15, 0.2) is 0 Å². The van der Waals surface area contributed by atoms with Gasteiger partial charge in [-0.15, -0.1) is 0 Å². The molecule has 1 aliphatic rings. The number of nitrogens with one attached hydrogen (secondary N) is 1. The molecule has 0 unspecified atom stereocenters. The molecule has 4 heteroatoms. The Morgan fingerprint density at radius 3 is 2.71 bits per heavy atom. The van der Waals surface area contributed by atoms with E-state index in [0.717, 1.165) is 48.6 Å². The molecule has 0 bridgehead atoms. The first kappa shape index (κ1) is 13.6. The van der Waals surface area contributed by atoms with Gasteiger partial charge in [0, 0.05) is 17.9 Å². The van der Waals surface area contributed by atoms with Crippen LogP contribution in [0.3, 0.4) is 0 Å². The highest BCUT2D eigenvalue weighted by Gasteiger charge is 2.21. The Hall–Kier alpha value is -2.36. The summed E-state index contributed by atoms with van der Waals surface area (Å²) in [6.07, 6.45) is 3.20. The Kier molecular flexibility index (Phi) is 3.60. The molecule has 0 saturated carbocycles. The number of fused-ring (bicyclic) bond motifs is 1. The molecule has 4 nitrogen and oxygen atoms in total. The van der Waals surface area contributed by atoms with Crippen LogP contribution in [-0.2, 0) is 12.8 Å². The van der Waals surface area contributed by atoms with Crippen LogP contribution in [0.25, 0.3) is 0 Å². The molecule has 0 saturated heterocycles. The number of pyridine rings is 1. The maximum Gasteiger partial charge on any atom is 0.144 e. The monoisotopic (exact) mass is 280 g/mol. The third-order valence-electron chi connectivity index (χ3n) is 3.96. The molecule has 1 aliphatic carbocycles. The predicted octanol–water partition coefficient (Wildman–Crippen LogP) is 3.01. The van der Waals surface area contributed by atoms with Crippen molar-refractivity contribution in [3.8, 4) is 0 Å². The van der Waals surface area contributed by atoms with Crippen LogP contribution in [-0.4, -0.2) is 17.4 Å². The lowest BCUT2D eigenvalue weighted by Crippen LogP contribution is -2.24. The van der Waals surface area contributed by atoms with E-state index in [1.54, 1.807) is 0 Å². The molecule has 0 atom stereocenters. The van der Waals surface area contributed by atoms with Crippen LogP contribution in [0.5, 0.6) is 0 Å². The number of amidine groups is 1. The fourth-order valence-electron chi connectivity index (χ4n) is 2.93. The van der Waals surface area contributed by atoms with Crippen LogP contribution in [0.4, 0.5) is 11.5 Å². The summed E-state index contributed by atoms with van der Waals surface area (Å²) in [5.41, 5.74) is 10.0. The number of nitrogens with zero attached hydrogens (tertiary/aromatic N) is 2. The minimum atomic E-state index is 0.0848. The van der Waals surface area contributed by atoms with Crippen LogP contribution < -0.4 is 10.6 Å². The predicted molar refractivity (Wildman–Crippen MR) is 86.4 cm³/mol. The van der Waals surface area contributed by atoms with Crippen molar-refractivity contribution in [1.82, 2.24) is 4.98 Å². The zero-order valence-electron chi connectivity index (χ0n) is 12.3. The Labute approximate surface area is 125 Å². The van der Waals surface area contributed by atoms with E-state index in [1.807, 2.05) is 18.2 Å². The summed E-state index contributed by atoms with van der Waals surface area (Å²) in [7, 11) is 0. The molecule has 1 heterocycles. The number of aryl methyl sites for hydroxylation is 2. The van der Waals surface area contributed by atoms with Crippen LogP contribution in [0, 0.1) is 5.41 Å². The normalized spacial score (nSPS) is 13.0. The number of anilines is 2. The van der Waals surface area contributed by atoms with Crippen molar-refractivity contribution in [3.05, 3.63) is 53.2 Å². The number of nitrogens with two attached hydrogens (primary N) is 1. The Balaban J connectivity index is 2.13. The Morgan fingerprint density at radius 1 is 1.29 bits per heavy atom. The van der Waals surface area contributed by atoms with Gasteiger partial charge in [0.1, 0.15) is 11.7 Å². The van der Waals surface area contributed by atoms with E-state index in [-0.39, 0.29) is 5.84 Å². The van der Waals surface area contributed by atoms with Crippen molar-refractivity contribution in [1.29, 1.82) is 5.41 Å². The summed E-state index contributed by atoms with van der Waals surface area (Å²) in [6.45, 7) is 2.88. The summed E-state index contributed by atoms with van der Waals surface area (Å²) in [4.78, 5) is 6.95. The van der Waals surface area contributed by atoms with E-state index in [2.05, 4.69) is 30.0 Å². The fraction of sp³-hybridized carbons (Fsp3) is 0.294. The highest BCUT2D eigenvalue weighted by molar-refractivity contribution is 6.00. The lowest BCUT2D eigenvalue weighted by atomic mass is 10.1. The van der Waals surface area contributed by atoms with Gasteiger partial charge >= 0.3 is 0 Å². The van der Waals surface area contributed by atoms with E-state index in [9.17, 15) is 0 Å². The van der Waals surface area contributed by atoms with Crippen LogP contribution >= 0.6 is 0 Å². The second-order valence-electron chi connectivity index (χ2n) is 5.31.